The number of nitrogens with zero attached hydrogens (tertiary/aromatic N) is 1. The second kappa shape index (κ2) is 6.59. The third-order valence-electron chi connectivity index (χ3n) is 4.04. The molecule has 1 aliphatic rings. The average Bonchev–Trinajstić information content (AvgIpc) is 2.42. The van der Waals surface area contributed by atoms with E-state index in [1.54, 1.807) is 12.1 Å². The highest BCUT2D eigenvalue weighted by atomic mass is 32.2. The van der Waals surface area contributed by atoms with Crippen molar-refractivity contribution in [3.05, 3.63) is 29.8 Å². The number of carboxylic acid groups (broad SMARTS) is 1. The molecule has 23 heavy (non-hydrogen) atoms. The Morgan fingerprint density at radius 1 is 1.39 bits per heavy atom. The highest BCUT2D eigenvalue weighted by Crippen LogP contribution is 2.27. The molecule has 0 atom stereocenters. The van der Waals surface area contributed by atoms with Gasteiger partial charge in [-0.3, -0.25) is 4.79 Å². The van der Waals surface area contributed by atoms with Crippen molar-refractivity contribution in [3.8, 4) is 0 Å². The first kappa shape index (κ1) is 17.9. The number of sulfonamides is 1. The van der Waals surface area contributed by atoms with Gasteiger partial charge in [0, 0.05) is 13.1 Å². The highest BCUT2D eigenvalue weighted by molar-refractivity contribution is 7.89. The maximum absolute atomic E-state index is 12.6. The average molecular weight is 341 g/mol. The monoisotopic (exact) mass is 341 g/mol. The van der Waals surface area contributed by atoms with Gasteiger partial charge in [-0.05, 0) is 38.0 Å². The van der Waals surface area contributed by atoms with Crippen LogP contribution in [0.5, 0.6) is 0 Å². The van der Waals surface area contributed by atoms with E-state index in [1.807, 2.05) is 20.8 Å². The number of carboxylic acids is 1. The topological polar surface area (TPSA) is 83.9 Å². The Labute approximate surface area is 137 Å². The Morgan fingerprint density at radius 2 is 2.04 bits per heavy atom. The van der Waals surface area contributed by atoms with Gasteiger partial charge >= 0.3 is 5.97 Å². The first-order valence-corrected chi connectivity index (χ1v) is 9.07. The lowest BCUT2D eigenvalue weighted by Crippen LogP contribution is -2.56. The summed E-state index contributed by atoms with van der Waals surface area (Å²) < 4.78 is 32.4. The van der Waals surface area contributed by atoms with Crippen LogP contribution in [-0.4, -0.2) is 48.6 Å². The van der Waals surface area contributed by atoms with Gasteiger partial charge in [0.15, 0.2) is 0 Å². The first-order valence-electron chi connectivity index (χ1n) is 7.63. The number of carbonyl (C=O) groups is 1. The van der Waals surface area contributed by atoms with Crippen molar-refractivity contribution in [2.45, 2.75) is 50.2 Å². The molecule has 1 aromatic carbocycles. The number of ether oxygens (including phenoxy) is 1. The molecule has 0 spiro atoms. The van der Waals surface area contributed by atoms with Gasteiger partial charge in [-0.1, -0.05) is 19.1 Å². The minimum atomic E-state index is -3.60. The van der Waals surface area contributed by atoms with Crippen molar-refractivity contribution < 1.29 is 23.1 Å². The van der Waals surface area contributed by atoms with Gasteiger partial charge in [0.1, 0.15) is 0 Å². The fraction of sp³-hybridized carbons (Fsp3) is 0.562. The fourth-order valence-electron chi connectivity index (χ4n) is 2.35. The van der Waals surface area contributed by atoms with Crippen LogP contribution in [0.3, 0.4) is 0 Å². The highest BCUT2D eigenvalue weighted by Gasteiger charge is 2.39. The van der Waals surface area contributed by atoms with Crippen molar-refractivity contribution >= 4 is 16.0 Å². The molecule has 0 aliphatic carbocycles. The Bertz CT molecular complexity index is 677. The van der Waals surface area contributed by atoms with E-state index >= 15 is 0 Å². The van der Waals surface area contributed by atoms with E-state index in [9.17, 15) is 13.2 Å². The third kappa shape index (κ3) is 4.31. The normalized spacial score (nSPS) is 17.0. The van der Waals surface area contributed by atoms with E-state index in [-0.39, 0.29) is 23.0 Å². The maximum atomic E-state index is 12.6. The van der Waals surface area contributed by atoms with Gasteiger partial charge in [-0.2, -0.15) is 4.31 Å². The summed E-state index contributed by atoms with van der Waals surface area (Å²) in [5.74, 6) is -0.987. The summed E-state index contributed by atoms with van der Waals surface area (Å²) in [7, 11) is -3.60. The van der Waals surface area contributed by atoms with E-state index in [4.69, 9.17) is 9.84 Å². The Morgan fingerprint density at radius 3 is 2.61 bits per heavy atom. The molecule has 1 N–H and O–H groups in total. The maximum Gasteiger partial charge on any atom is 0.307 e. The summed E-state index contributed by atoms with van der Waals surface area (Å²) in [6.45, 7) is 6.66. The Hall–Kier alpha value is -1.44. The predicted molar refractivity (Wildman–Crippen MR) is 85.8 cm³/mol. The van der Waals surface area contributed by atoms with E-state index < -0.39 is 16.0 Å². The molecular weight excluding hydrogens is 318 g/mol. The number of hydrogen-bond donors (Lipinski definition) is 1. The number of aliphatic carboxylic acids is 1. The molecule has 2 rings (SSSR count). The van der Waals surface area contributed by atoms with Gasteiger partial charge in [0.2, 0.25) is 10.0 Å². The van der Waals surface area contributed by atoms with Crippen molar-refractivity contribution in [1.82, 2.24) is 4.31 Å². The lowest BCUT2D eigenvalue weighted by molar-refractivity contribution is -0.136. The molecule has 1 heterocycles. The minimum Gasteiger partial charge on any atom is -0.481 e. The van der Waals surface area contributed by atoms with Gasteiger partial charge < -0.3 is 9.84 Å². The van der Waals surface area contributed by atoms with E-state index in [1.165, 1.54) is 16.4 Å². The molecule has 0 radical (unpaired) electrons. The van der Waals surface area contributed by atoms with E-state index in [0.717, 1.165) is 6.42 Å². The van der Waals surface area contributed by atoms with Crippen LogP contribution in [0, 0.1) is 0 Å². The molecule has 7 heteroatoms. The third-order valence-corrected chi connectivity index (χ3v) is 5.87. The zero-order valence-electron chi connectivity index (χ0n) is 13.7. The number of benzene rings is 1. The molecule has 0 bridgehead atoms. The SMILES string of the molecule is CCC(C)(C)OC1CN(S(=O)(=O)c2cccc(CC(=O)O)c2)C1. The fourth-order valence-corrected chi connectivity index (χ4v) is 3.92. The summed E-state index contributed by atoms with van der Waals surface area (Å²) in [6.07, 6.45) is 0.565. The van der Waals surface area contributed by atoms with Crippen LogP contribution in [0.4, 0.5) is 0 Å². The molecule has 0 aromatic heterocycles. The van der Waals surface area contributed by atoms with Crippen LogP contribution in [0.1, 0.15) is 32.8 Å². The molecule has 1 saturated heterocycles. The number of hydrogen-bond acceptors (Lipinski definition) is 4. The van der Waals surface area contributed by atoms with Crippen molar-refractivity contribution in [1.29, 1.82) is 0 Å². The van der Waals surface area contributed by atoms with Crippen molar-refractivity contribution in [3.63, 3.8) is 0 Å². The Kier molecular flexibility index (Phi) is 5.13. The lowest BCUT2D eigenvalue weighted by atomic mass is 10.1. The molecule has 1 aliphatic heterocycles. The van der Waals surface area contributed by atoms with E-state index in [0.29, 0.717) is 18.7 Å². The summed E-state index contributed by atoms with van der Waals surface area (Å²) in [5, 5.41) is 8.82. The van der Waals surface area contributed by atoms with Crippen LogP contribution in [0.25, 0.3) is 0 Å². The predicted octanol–water partition coefficient (Wildman–Crippen LogP) is 1.89. The zero-order valence-corrected chi connectivity index (χ0v) is 14.5. The second-order valence-electron chi connectivity index (χ2n) is 6.39. The van der Waals surface area contributed by atoms with Crippen LogP contribution in [-0.2, 0) is 26.0 Å². The molecular formula is C16H23NO5S. The summed E-state index contributed by atoms with van der Waals surface area (Å²) >= 11 is 0. The Balaban J connectivity index is 2.05. The standard InChI is InChI=1S/C16H23NO5S/c1-4-16(2,3)22-13-10-17(11-13)23(20,21)14-7-5-6-12(8-14)9-15(18)19/h5-8,13H,4,9-11H2,1-3H3,(H,18,19). The van der Waals surface area contributed by atoms with Gasteiger partial charge in [0.25, 0.3) is 0 Å². The largest absolute Gasteiger partial charge is 0.481 e. The second-order valence-corrected chi connectivity index (χ2v) is 8.33. The summed E-state index contributed by atoms with van der Waals surface area (Å²) in [6, 6.07) is 6.09. The molecule has 0 unspecified atom stereocenters. The van der Waals surface area contributed by atoms with Crippen molar-refractivity contribution in [2.75, 3.05) is 13.1 Å². The van der Waals surface area contributed by atoms with Gasteiger partial charge in [0.05, 0.1) is 23.0 Å². The van der Waals surface area contributed by atoms with Crippen LogP contribution in [0.2, 0.25) is 0 Å². The molecule has 1 fully saturated rings. The summed E-state index contributed by atoms with van der Waals surface area (Å²) in [5.41, 5.74) is 0.209. The molecule has 0 amide bonds. The quantitative estimate of drug-likeness (QED) is 0.819. The molecule has 128 valence electrons. The van der Waals surface area contributed by atoms with Crippen molar-refractivity contribution in [2.24, 2.45) is 0 Å². The molecule has 0 saturated carbocycles. The molecule has 1 aromatic rings. The smallest absolute Gasteiger partial charge is 0.307 e. The van der Waals surface area contributed by atoms with Gasteiger partial charge in [-0.25, -0.2) is 8.42 Å². The first-order chi connectivity index (χ1) is 10.6. The zero-order chi connectivity index (χ0) is 17.3. The molecule has 6 nitrogen and oxygen atoms in total. The van der Waals surface area contributed by atoms with Crippen LogP contribution >= 0.6 is 0 Å². The van der Waals surface area contributed by atoms with Crippen LogP contribution < -0.4 is 0 Å². The lowest BCUT2D eigenvalue weighted by Gasteiger charge is -2.41. The van der Waals surface area contributed by atoms with Gasteiger partial charge in [-0.15, -0.1) is 0 Å². The summed E-state index contributed by atoms with van der Waals surface area (Å²) in [4.78, 5) is 10.9. The van der Waals surface area contributed by atoms with Crippen LogP contribution in [0.15, 0.2) is 29.2 Å². The van der Waals surface area contributed by atoms with E-state index in [2.05, 4.69) is 0 Å². The minimum absolute atomic E-state index is 0.0954. The number of rotatable bonds is 7.